The molecule has 2 aromatic heterocycles. The highest BCUT2D eigenvalue weighted by Gasteiger charge is 2.27. The summed E-state index contributed by atoms with van der Waals surface area (Å²) in [6.07, 6.45) is 4.64. The number of nitrogens with one attached hydrogen (secondary N) is 1. The van der Waals surface area contributed by atoms with Crippen molar-refractivity contribution in [1.82, 2.24) is 30.2 Å². The molecule has 0 atom stereocenters. The lowest BCUT2D eigenvalue weighted by Crippen LogP contribution is -2.53. The molecular formula is C23H29N7O. The molecule has 162 valence electrons. The molecule has 3 aromatic rings. The second kappa shape index (κ2) is 8.17. The topological polar surface area (TPSA) is 79.2 Å². The SMILES string of the molecule is Cc1nnc(N2CCN(C(=O)NC3CCCC3)CC2)c2nn(-c3ccccc3)c(C)c12. The second-order valence-electron chi connectivity index (χ2n) is 8.57. The summed E-state index contributed by atoms with van der Waals surface area (Å²) in [7, 11) is 0. The molecule has 8 nitrogen and oxygen atoms in total. The van der Waals surface area contributed by atoms with Crippen LogP contribution in [0.2, 0.25) is 0 Å². The number of aromatic nitrogens is 4. The Morgan fingerprint density at radius 1 is 1.00 bits per heavy atom. The molecule has 0 unspecified atom stereocenters. The van der Waals surface area contributed by atoms with Crippen molar-refractivity contribution >= 4 is 22.8 Å². The van der Waals surface area contributed by atoms with Crippen molar-refractivity contribution < 1.29 is 4.79 Å². The lowest BCUT2D eigenvalue weighted by atomic mass is 10.2. The predicted octanol–water partition coefficient (Wildman–Crippen LogP) is 3.21. The molecule has 0 spiro atoms. The van der Waals surface area contributed by atoms with Gasteiger partial charge in [0.05, 0.1) is 22.5 Å². The Balaban J connectivity index is 1.37. The number of carbonyl (C=O) groups is 1. The molecule has 2 fully saturated rings. The lowest BCUT2D eigenvalue weighted by Gasteiger charge is -2.35. The zero-order valence-electron chi connectivity index (χ0n) is 18.2. The maximum Gasteiger partial charge on any atom is 0.317 e. The molecular weight excluding hydrogens is 390 g/mol. The van der Waals surface area contributed by atoms with Crippen molar-refractivity contribution in [3.8, 4) is 5.69 Å². The fourth-order valence-corrected chi connectivity index (χ4v) is 4.80. The molecule has 1 saturated carbocycles. The van der Waals surface area contributed by atoms with Gasteiger partial charge in [-0.25, -0.2) is 9.48 Å². The van der Waals surface area contributed by atoms with Gasteiger partial charge in [0.15, 0.2) is 5.82 Å². The molecule has 1 aromatic carbocycles. The van der Waals surface area contributed by atoms with E-state index < -0.39 is 0 Å². The van der Waals surface area contributed by atoms with Crippen molar-refractivity contribution in [1.29, 1.82) is 0 Å². The summed E-state index contributed by atoms with van der Waals surface area (Å²) in [6, 6.07) is 10.5. The molecule has 31 heavy (non-hydrogen) atoms. The van der Waals surface area contributed by atoms with E-state index in [4.69, 9.17) is 5.10 Å². The molecule has 0 bridgehead atoms. The number of amides is 2. The number of fused-ring (bicyclic) bond motifs is 1. The Morgan fingerprint density at radius 3 is 2.42 bits per heavy atom. The first-order valence-electron chi connectivity index (χ1n) is 11.2. The number of hydrogen-bond donors (Lipinski definition) is 1. The van der Waals surface area contributed by atoms with Gasteiger partial charge in [0.25, 0.3) is 0 Å². The van der Waals surface area contributed by atoms with Crippen LogP contribution in [0.5, 0.6) is 0 Å². The third-order valence-corrected chi connectivity index (χ3v) is 6.53. The Bertz CT molecular complexity index is 1080. The maximum absolute atomic E-state index is 12.6. The molecule has 0 radical (unpaired) electrons. The number of benzene rings is 1. The van der Waals surface area contributed by atoms with Gasteiger partial charge in [-0.05, 0) is 38.8 Å². The molecule has 1 aliphatic heterocycles. The fraction of sp³-hybridized carbons (Fsp3) is 0.478. The summed E-state index contributed by atoms with van der Waals surface area (Å²) in [4.78, 5) is 16.7. The lowest BCUT2D eigenvalue weighted by molar-refractivity contribution is 0.190. The number of urea groups is 1. The van der Waals surface area contributed by atoms with Crippen LogP contribution >= 0.6 is 0 Å². The van der Waals surface area contributed by atoms with Crippen LogP contribution in [0.4, 0.5) is 10.6 Å². The van der Waals surface area contributed by atoms with E-state index in [2.05, 4.69) is 39.5 Å². The van der Waals surface area contributed by atoms with Crippen LogP contribution in [0.1, 0.15) is 37.1 Å². The average Bonchev–Trinajstić information content (AvgIpc) is 3.43. The number of nitrogens with zero attached hydrogens (tertiary/aromatic N) is 6. The highest BCUT2D eigenvalue weighted by atomic mass is 16.2. The van der Waals surface area contributed by atoms with Crippen molar-refractivity contribution in [2.75, 3.05) is 31.1 Å². The minimum atomic E-state index is 0.0656. The van der Waals surface area contributed by atoms with E-state index >= 15 is 0 Å². The van der Waals surface area contributed by atoms with Crippen molar-refractivity contribution in [2.45, 2.75) is 45.6 Å². The van der Waals surface area contributed by atoms with Gasteiger partial charge in [-0.15, -0.1) is 5.10 Å². The van der Waals surface area contributed by atoms with E-state index in [-0.39, 0.29) is 6.03 Å². The van der Waals surface area contributed by atoms with Crippen LogP contribution in [-0.2, 0) is 0 Å². The van der Waals surface area contributed by atoms with Gasteiger partial charge < -0.3 is 15.1 Å². The molecule has 1 aliphatic carbocycles. The van der Waals surface area contributed by atoms with Crippen molar-refractivity contribution in [3.63, 3.8) is 0 Å². The number of piperazine rings is 1. The minimum Gasteiger partial charge on any atom is -0.350 e. The van der Waals surface area contributed by atoms with E-state index in [0.717, 1.165) is 59.7 Å². The highest BCUT2D eigenvalue weighted by Crippen LogP contribution is 2.29. The Morgan fingerprint density at radius 2 is 1.71 bits per heavy atom. The second-order valence-corrected chi connectivity index (χ2v) is 8.57. The zero-order valence-corrected chi connectivity index (χ0v) is 18.2. The first-order chi connectivity index (χ1) is 15.1. The molecule has 1 N–H and O–H groups in total. The van der Waals surface area contributed by atoms with Crippen LogP contribution in [0, 0.1) is 13.8 Å². The van der Waals surface area contributed by atoms with Crippen LogP contribution in [0.3, 0.4) is 0 Å². The predicted molar refractivity (Wildman–Crippen MR) is 121 cm³/mol. The summed E-state index contributed by atoms with van der Waals surface area (Å²) >= 11 is 0. The number of hydrogen-bond acceptors (Lipinski definition) is 5. The van der Waals surface area contributed by atoms with E-state index in [1.807, 2.05) is 34.7 Å². The van der Waals surface area contributed by atoms with Gasteiger partial charge >= 0.3 is 6.03 Å². The smallest absolute Gasteiger partial charge is 0.317 e. The first kappa shape index (κ1) is 19.8. The van der Waals surface area contributed by atoms with Gasteiger partial charge in [0, 0.05) is 32.2 Å². The summed E-state index contributed by atoms with van der Waals surface area (Å²) in [6.45, 7) is 6.85. The van der Waals surface area contributed by atoms with Gasteiger partial charge in [-0.2, -0.15) is 10.2 Å². The fourth-order valence-electron chi connectivity index (χ4n) is 4.80. The van der Waals surface area contributed by atoms with Crippen molar-refractivity contribution in [3.05, 3.63) is 41.7 Å². The average molecular weight is 420 g/mol. The maximum atomic E-state index is 12.6. The van der Waals surface area contributed by atoms with Crippen molar-refractivity contribution in [2.24, 2.45) is 0 Å². The van der Waals surface area contributed by atoms with E-state index in [1.54, 1.807) is 0 Å². The van der Waals surface area contributed by atoms with E-state index in [9.17, 15) is 4.79 Å². The van der Waals surface area contributed by atoms with E-state index in [0.29, 0.717) is 19.1 Å². The summed E-state index contributed by atoms with van der Waals surface area (Å²) in [5, 5.41) is 18.1. The van der Waals surface area contributed by atoms with Gasteiger partial charge in [-0.3, -0.25) is 0 Å². The Kier molecular flexibility index (Phi) is 5.21. The van der Waals surface area contributed by atoms with Gasteiger partial charge in [-0.1, -0.05) is 31.0 Å². The number of rotatable bonds is 3. The van der Waals surface area contributed by atoms with Crippen LogP contribution in [0.25, 0.3) is 16.6 Å². The summed E-state index contributed by atoms with van der Waals surface area (Å²) in [5.74, 6) is 0.800. The van der Waals surface area contributed by atoms with Gasteiger partial charge in [0.1, 0.15) is 5.52 Å². The third-order valence-electron chi connectivity index (χ3n) is 6.53. The number of para-hydroxylation sites is 1. The normalized spacial score (nSPS) is 17.5. The molecule has 3 heterocycles. The summed E-state index contributed by atoms with van der Waals surface area (Å²) in [5.41, 5.74) is 3.84. The molecule has 1 saturated heterocycles. The highest BCUT2D eigenvalue weighted by molar-refractivity contribution is 5.92. The molecule has 5 rings (SSSR count). The zero-order chi connectivity index (χ0) is 21.4. The largest absolute Gasteiger partial charge is 0.350 e. The Hall–Kier alpha value is -3.16. The quantitative estimate of drug-likeness (QED) is 0.705. The number of anilines is 1. The monoisotopic (exact) mass is 419 g/mol. The molecule has 8 heteroatoms. The number of carbonyl (C=O) groups excluding carboxylic acids is 1. The standard InChI is InChI=1S/C23H29N7O/c1-16-20-17(2)30(19-10-4-3-5-11-19)27-21(20)22(26-25-16)28-12-14-29(15-13-28)23(31)24-18-8-6-7-9-18/h3-5,10-11,18H,6-9,12-15H2,1-2H3,(H,24,31). The van der Waals surface area contributed by atoms with Gasteiger partial charge in [0.2, 0.25) is 0 Å². The first-order valence-corrected chi connectivity index (χ1v) is 11.2. The summed E-state index contributed by atoms with van der Waals surface area (Å²) < 4.78 is 1.97. The number of aryl methyl sites for hydroxylation is 2. The molecule has 2 amide bonds. The third kappa shape index (κ3) is 3.71. The van der Waals surface area contributed by atoms with E-state index in [1.165, 1.54) is 12.8 Å². The van der Waals surface area contributed by atoms with Crippen LogP contribution in [-0.4, -0.2) is 63.1 Å². The Labute approximate surface area is 182 Å². The van der Waals surface area contributed by atoms with Crippen LogP contribution < -0.4 is 10.2 Å². The molecule has 2 aliphatic rings. The minimum absolute atomic E-state index is 0.0656. The van der Waals surface area contributed by atoms with Crippen LogP contribution in [0.15, 0.2) is 30.3 Å².